The fourth-order valence-electron chi connectivity index (χ4n) is 7.40. The van der Waals surface area contributed by atoms with E-state index in [1.54, 1.807) is 0 Å². The van der Waals surface area contributed by atoms with Gasteiger partial charge < -0.3 is 10.2 Å². The number of H-pyrrole nitrogens is 1. The number of rotatable bonds is 9. The molecule has 1 aromatic heterocycles. The molecular weight excluding hydrogens is 486 g/mol. The summed E-state index contributed by atoms with van der Waals surface area (Å²) in [5, 5.41) is 10.9. The lowest BCUT2D eigenvalue weighted by molar-refractivity contribution is -0.162. The van der Waals surface area contributed by atoms with Crippen molar-refractivity contribution in [3.63, 3.8) is 0 Å². The largest absolute Gasteiger partial charge is 0.342 e. The number of piperazine rings is 1. The van der Waals surface area contributed by atoms with Crippen LogP contribution in [0.25, 0.3) is 0 Å². The van der Waals surface area contributed by atoms with Gasteiger partial charge in [-0.05, 0) is 57.4 Å². The molecule has 2 saturated heterocycles. The average molecular weight is 534 g/mol. The Morgan fingerprint density at radius 1 is 1.03 bits per heavy atom. The fourth-order valence-corrected chi connectivity index (χ4v) is 7.40. The van der Waals surface area contributed by atoms with Crippen LogP contribution in [0.1, 0.15) is 106 Å². The molecule has 7 nitrogen and oxygen atoms in total. The third kappa shape index (κ3) is 5.65. The number of amides is 2. The molecule has 1 saturated carbocycles. The molecule has 0 radical (unpaired) electrons. The number of likely N-dealkylation sites (tertiary alicyclic amines) is 1. The monoisotopic (exact) mass is 533 g/mol. The molecule has 2 unspecified atom stereocenters. The van der Waals surface area contributed by atoms with Crippen LogP contribution in [-0.2, 0) is 9.59 Å². The molecule has 3 heterocycles. The van der Waals surface area contributed by atoms with E-state index in [1.807, 2.05) is 4.90 Å². The van der Waals surface area contributed by atoms with E-state index in [2.05, 4.69) is 71.5 Å². The third-order valence-electron chi connectivity index (χ3n) is 9.70. The molecule has 212 valence electrons. The maximum Gasteiger partial charge on any atom is 0.246 e. The quantitative estimate of drug-likeness (QED) is 0.450. The van der Waals surface area contributed by atoms with Gasteiger partial charge in [-0.2, -0.15) is 5.10 Å². The zero-order valence-electron chi connectivity index (χ0n) is 24.2. The zero-order chi connectivity index (χ0) is 27.4. The van der Waals surface area contributed by atoms with Gasteiger partial charge in [-0.15, -0.1) is 0 Å². The number of hydrogen-bond acceptors (Lipinski definition) is 4. The normalized spacial score (nSPS) is 23.3. The minimum atomic E-state index is -0.744. The number of carbonyl (C=O) groups is 2. The highest BCUT2D eigenvalue weighted by molar-refractivity contribution is 6.00. The van der Waals surface area contributed by atoms with Gasteiger partial charge in [-0.25, -0.2) is 0 Å². The van der Waals surface area contributed by atoms with Crippen molar-refractivity contribution in [1.82, 2.24) is 25.3 Å². The molecule has 2 N–H and O–H groups in total. The van der Waals surface area contributed by atoms with Crippen molar-refractivity contribution < 1.29 is 9.59 Å². The van der Waals surface area contributed by atoms with Crippen LogP contribution in [0.3, 0.4) is 0 Å². The number of carbonyl (C=O) groups excluding carboxylic acids is 2. The zero-order valence-corrected chi connectivity index (χ0v) is 24.2. The van der Waals surface area contributed by atoms with E-state index >= 15 is 0 Å². The van der Waals surface area contributed by atoms with E-state index in [0.29, 0.717) is 25.3 Å². The Hall–Kier alpha value is -2.67. The van der Waals surface area contributed by atoms with Gasteiger partial charge in [0.1, 0.15) is 11.6 Å². The van der Waals surface area contributed by atoms with Crippen molar-refractivity contribution in [2.45, 2.75) is 109 Å². The lowest BCUT2D eigenvalue weighted by Crippen LogP contribution is -2.73. The number of piperidine rings is 1. The van der Waals surface area contributed by atoms with Gasteiger partial charge in [0.05, 0.1) is 11.7 Å². The number of aryl methyl sites for hydroxylation is 2. The first kappa shape index (κ1) is 27.9. The molecule has 1 aromatic carbocycles. The van der Waals surface area contributed by atoms with Crippen molar-refractivity contribution in [1.29, 1.82) is 0 Å². The molecule has 1 spiro atoms. The summed E-state index contributed by atoms with van der Waals surface area (Å²) in [6.45, 7) is 8.48. The predicted molar refractivity (Wildman–Crippen MR) is 154 cm³/mol. The number of nitrogens with zero attached hydrogens (tertiary/aromatic N) is 3. The molecule has 2 aliphatic heterocycles. The van der Waals surface area contributed by atoms with Gasteiger partial charge in [0.2, 0.25) is 11.8 Å². The Kier molecular flexibility index (Phi) is 8.75. The lowest BCUT2D eigenvalue weighted by atomic mass is 9.79. The molecule has 3 fully saturated rings. The summed E-state index contributed by atoms with van der Waals surface area (Å²) < 4.78 is 0. The molecule has 7 heteroatoms. The molecule has 0 bridgehead atoms. The van der Waals surface area contributed by atoms with Crippen molar-refractivity contribution in [3.05, 3.63) is 52.8 Å². The smallest absolute Gasteiger partial charge is 0.246 e. The number of hydrogen-bond donors (Lipinski definition) is 2. The van der Waals surface area contributed by atoms with Gasteiger partial charge in [0.25, 0.3) is 0 Å². The Morgan fingerprint density at radius 3 is 2.38 bits per heavy atom. The standard InChI is InChI=1S/C32H47N5O2/c1-4-5-20-37-30(38)27(17-16-25-12-8-6-9-13-25)33-31(39)32(37)18-21-36(22-19-32)29(26-14-10-7-11-15-26)28-23(2)34-35-24(28)3/h7,10-11,14-15,25,27,29H,4-6,8-9,12-13,16-22H2,1-3H3,(H,33,39)(H,34,35). The molecular formula is C32H47N5O2. The fraction of sp³-hybridized carbons (Fsp3) is 0.656. The van der Waals surface area contributed by atoms with Crippen LogP contribution in [0.15, 0.2) is 30.3 Å². The Balaban J connectivity index is 1.35. The third-order valence-corrected chi connectivity index (χ3v) is 9.70. The van der Waals surface area contributed by atoms with E-state index in [-0.39, 0.29) is 23.9 Å². The molecule has 2 aromatic rings. The van der Waals surface area contributed by atoms with E-state index in [9.17, 15) is 9.59 Å². The Bertz CT molecular complexity index is 1100. The van der Waals surface area contributed by atoms with Crippen LogP contribution in [0.5, 0.6) is 0 Å². The molecule has 2 atom stereocenters. The second kappa shape index (κ2) is 12.2. The van der Waals surface area contributed by atoms with E-state index in [4.69, 9.17) is 0 Å². The number of benzene rings is 1. The highest BCUT2D eigenvalue weighted by Crippen LogP contribution is 2.40. The van der Waals surface area contributed by atoms with Gasteiger partial charge in [-0.1, -0.05) is 75.8 Å². The molecule has 5 rings (SSSR count). The van der Waals surface area contributed by atoms with Gasteiger partial charge in [-0.3, -0.25) is 19.6 Å². The van der Waals surface area contributed by atoms with Crippen LogP contribution in [-0.4, -0.2) is 63.0 Å². The van der Waals surface area contributed by atoms with Crippen LogP contribution < -0.4 is 5.32 Å². The second-order valence-corrected chi connectivity index (χ2v) is 12.2. The van der Waals surface area contributed by atoms with E-state index in [1.165, 1.54) is 43.2 Å². The summed E-state index contributed by atoms with van der Waals surface area (Å²) in [4.78, 5) is 32.3. The van der Waals surface area contributed by atoms with Crippen LogP contribution in [0.4, 0.5) is 0 Å². The molecule has 3 aliphatic rings. The second-order valence-electron chi connectivity index (χ2n) is 12.2. The average Bonchev–Trinajstić information content (AvgIpc) is 3.29. The number of nitrogens with one attached hydrogen (secondary N) is 2. The Morgan fingerprint density at radius 2 is 1.74 bits per heavy atom. The van der Waals surface area contributed by atoms with Crippen molar-refractivity contribution >= 4 is 11.8 Å². The van der Waals surface area contributed by atoms with Crippen LogP contribution in [0.2, 0.25) is 0 Å². The maximum atomic E-state index is 13.9. The van der Waals surface area contributed by atoms with Crippen molar-refractivity contribution in [2.24, 2.45) is 5.92 Å². The van der Waals surface area contributed by atoms with Crippen molar-refractivity contribution in [2.75, 3.05) is 19.6 Å². The topological polar surface area (TPSA) is 81.3 Å². The minimum absolute atomic E-state index is 0.0667. The molecule has 1 aliphatic carbocycles. The predicted octanol–water partition coefficient (Wildman–Crippen LogP) is 5.44. The first-order chi connectivity index (χ1) is 18.9. The van der Waals surface area contributed by atoms with Crippen LogP contribution >= 0.6 is 0 Å². The summed E-state index contributed by atoms with van der Waals surface area (Å²) in [6.07, 6.45) is 11.6. The van der Waals surface area contributed by atoms with E-state index < -0.39 is 5.54 Å². The molecule has 2 amide bonds. The number of unbranched alkanes of at least 4 members (excludes halogenated alkanes) is 1. The minimum Gasteiger partial charge on any atom is -0.342 e. The highest BCUT2D eigenvalue weighted by Gasteiger charge is 2.53. The first-order valence-corrected chi connectivity index (χ1v) is 15.4. The summed E-state index contributed by atoms with van der Waals surface area (Å²) in [5.41, 5.74) is 3.80. The summed E-state index contributed by atoms with van der Waals surface area (Å²) in [7, 11) is 0. The summed E-state index contributed by atoms with van der Waals surface area (Å²) >= 11 is 0. The van der Waals surface area contributed by atoms with Gasteiger partial charge in [0, 0.05) is 30.9 Å². The number of aromatic nitrogens is 2. The first-order valence-electron chi connectivity index (χ1n) is 15.4. The van der Waals surface area contributed by atoms with Gasteiger partial charge in [0.15, 0.2) is 0 Å². The van der Waals surface area contributed by atoms with E-state index in [0.717, 1.165) is 50.2 Å². The van der Waals surface area contributed by atoms with Crippen LogP contribution in [0, 0.1) is 19.8 Å². The highest BCUT2D eigenvalue weighted by atomic mass is 16.2. The number of aromatic amines is 1. The van der Waals surface area contributed by atoms with Gasteiger partial charge >= 0.3 is 0 Å². The molecule has 39 heavy (non-hydrogen) atoms. The maximum absolute atomic E-state index is 13.9. The SMILES string of the molecule is CCCCN1C(=O)C(CCC2CCCCC2)NC(=O)C12CCN(C(c1ccccc1)c1c(C)n[nH]c1C)CC2. The van der Waals surface area contributed by atoms with Crippen molar-refractivity contribution in [3.8, 4) is 0 Å². The summed E-state index contributed by atoms with van der Waals surface area (Å²) in [6, 6.07) is 10.3. The lowest BCUT2D eigenvalue weighted by Gasteiger charge is -2.52. The summed E-state index contributed by atoms with van der Waals surface area (Å²) in [5.74, 6) is 0.920. The Labute approximate surface area is 234 Å².